The standard InChI is InChI=1S/C19H19BrN6S/c1-12-3-8-17(13(2)9-12)26-19(27)16(10-21-26)18-22-23-24-25(18)11-14-4-6-15(20)7-5-14/h3-10,21,23-24H,11H2,1-2H3. The molecule has 0 aliphatic carbocycles. The summed E-state index contributed by atoms with van der Waals surface area (Å²) < 4.78 is 3.66. The number of H-pyrrole nitrogens is 1. The summed E-state index contributed by atoms with van der Waals surface area (Å²) in [4.78, 5) is 0. The maximum absolute atomic E-state index is 5.73. The zero-order valence-electron chi connectivity index (χ0n) is 15.0. The summed E-state index contributed by atoms with van der Waals surface area (Å²) in [5.74, 6) is 0.752. The van der Waals surface area contributed by atoms with Crippen LogP contribution in [0.5, 0.6) is 0 Å². The highest BCUT2D eigenvalue weighted by Crippen LogP contribution is 2.19. The molecule has 0 atom stereocenters. The third kappa shape index (κ3) is 3.55. The summed E-state index contributed by atoms with van der Waals surface area (Å²) in [5.41, 5.74) is 11.3. The molecule has 2 aromatic carbocycles. The minimum atomic E-state index is 0.655. The Bertz CT molecular complexity index is 1070. The van der Waals surface area contributed by atoms with Gasteiger partial charge in [-0.25, -0.2) is 10.2 Å². The average Bonchev–Trinajstić information content (AvgIpc) is 3.23. The van der Waals surface area contributed by atoms with Crippen molar-refractivity contribution in [2.75, 3.05) is 0 Å². The van der Waals surface area contributed by atoms with E-state index in [9.17, 15) is 0 Å². The molecule has 1 aliphatic heterocycles. The van der Waals surface area contributed by atoms with Gasteiger partial charge in [0.05, 0.1) is 17.8 Å². The van der Waals surface area contributed by atoms with Crippen molar-refractivity contribution in [3.63, 3.8) is 0 Å². The minimum Gasteiger partial charge on any atom is -0.299 e. The van der Waals surface area contributed by atoms with E-state index in [1.807, 2.05) is 28.0 Å². The summed E-state index contributed by atoms with van der Waals surface area (Å²) >= 11 is 9.20. The van der Waals surface area contributed by atoms with E-state index in [0.717, 1.165) is 32.7 Å². The van der Waals surface area contributed by atoms with Gasteiger partial charge in [0, 0.05) is 10.7 Å². The van der Waals surface area contributed by atoms with Crippen LogP contribution in [0.1, 0.15) is 22.3 Å². The quantitative estimate of drug-likeness (QED) is 0.532. The van der Waals surface area contributed by atoms with Crippen molar-refractivity contribution in [3.05, 3.63) is 80.0 Å². The molecule has 0 saturated carbocycles. The van der Waals surface area contributed by atoms with E-state index in [1.165, 1.54) is 5.56 Å². The molecule has 8 heteroatoms. The first kappa shape index (κ1) is 18.0. The number of amidine groups is 1. The molecule has 0 amide bonds. The highest BCUT2D eigenvalue weighted by Gasteiger charge is 2.22. The molecule has 3 N–H and O–H groups in total. The fraction of sp³-hybridized carbons (Fsp3) is 0.158. The van der Waals surface area contributed by atoms with E-state index in [2.05, 4.69) is 81.4 Å². The van der Waals surface area contributed by atoms with Gasteiger partial charge in [-0.3, -0.25) is 10.1 Å². The molecule has 4 rings (SSSR count). The summed E-state index contributed by atoms with van der Waals surface area (Å²) in [6.07, 6.45) is 1.89. The van der Waals surface area contributed by atoms with Crippen LogP contribution in [0.15, 0.2) is 58.2 Å². The largest absolute Gasteiger partial charge is 0.299 e. The Kier molecular flexibility index (Phi) is 4.86. The van der Waals surface area contributed by atoms with Crippen molar-refractivity contribution < 1.29 is 0 Å². The average molecular weight is 443 g/mol. The van der Waals surface area contributed by atoms with Crippen LogP contribution in [-0.2, 0) is 6.54 Å². The summed E-state index contributed by atoms with van der Waals surface area (Å²) in [6, 6.07) is 14.5. The number of hydrazone groups is 1. The number of benzene rings is 2. The summed E-state index contributed by atoms with van der Waals surface area (Å²) in [6.45, 7) is 4.82. The number of hydrogen-bond acceptors (Lipinski definition) is 5. The van der Waals surface area contributed by atoms with E-state index >= 15 is 0 Å². The lowest BCUT2D eigenvalue weighted by molar-refractivity contribution is 0.288. The van der Waals surface area contributed by atoms with Crippen molar-refractivity contribution in [1.29, 1.82) is 0 Å². The lowest BCUT2D eigenvalue weighted by Gasteiger charge is -2.18. The van der Waals surface area contributed by atoms with Crippen LogP contribution in [0.2, 0.25) is 0 Å². The third-order valence-electron chi connectivity index (χ3n) is 4.46. The van der Waals surface area contributed by atoms with E-state index in [-0.39, 0.29) is 0 Å². The first-order valence-electron chi connectivity index (χ1n) is 8.51. The maximum Gasteiger partial charge on any atom is 0.177 e. The molecule has 1 aromatic heterocycles. The third-order valence-corrected chi connectivity index (χ3v) is 5.39. The number of nitrogens with one attached hydrogen (secondary N) is 3. The molecule has 0 fully saturated rings. The number of hydrogen-bond donors (Lipinski definition) is 3. The molecule has 0 saturated heterocycles. The molecule has 138 valence electrons. The first-order chi connectivity index (χ1) is 13.0. The predicted molar refractivity (Wildman–Crippen MR) is 113 cm³/mol. The second-order valence-electron chi connectivity index (χ2n) is 6.49. The normalized spacial score (nSPS) is 13.6. The SMILES string of the molecule is Cc1ccc(-n2[nH]cc(C3=NNNN3Cc3ccc(Br)cc3)c2=S)c(C)c1. The van der Waals surface area contributed by atoms with Crippen LogP contribution >= 0.6 is 28.1 Å². The Hall–Kier alpha value is -2.42. The maximum atomic E-state index is 5.73. The smallest absolute Gasteiger partial charge is 0.177 e. The van der Waals surface area contributed by atoms with Gasteiger partial charge in [-0.15, -0.1) is 10.6 Å². The molecule has 27 heavy (non-hydrogen) atoms. The zero-order chi connectivity index (χ0) is 19.0. The molecule has 0 spiro atoms. The Morgan fingerprint density at radius 1 is 1.11 bits per heavy atom. The number of halogens is 1. The Morgan fingerprint density at radius 3 is 2.63 bits per heavy atom. The van der Waals surface area contributed by atoms with Gasteiger partial charge in [0.25, 0.3) is 0 Å². The molecule has 6 nitrogen and oxygen atoms in total. The number of nitrogens with zero attached hydrogens (tertiary/aromatic N) is 3. The summed E-state index contributed by atoms with van der Waals surface area (Å²) in [5, 5.41) is 9.58. The number of rotatable bonds is 4. The zero-order valence-corrected chi connectivity index (χ0v) is 17.4. The van der Waals surface area contributed by atoms with Crippen LogP contribution < -0.4 is 11.1 Å². The molecular weight excluding hydrogens is 424 g/mol. The number of hydrazine groups is 2. The molecule has 1 aliphatic rings. The Balaban J connectivity index is 1.64. The second kappa shape index (κ2) is 7.30. The van der Waals surface area contributed by atoms with Gasteiger partial charge in [-0.1, -0.05) is 58.0 Å². The second-order valence-corrected chi connectivity index (χ2v) is 7.79. The van der Waals surface area contributed by atoms with Gasteiger partial charge in [0.15, 0.2) is 5.84 Å². The fourth-order valence-electron chi connectivity index (χ4n) is 3.11. The van der Waals surface area contributed by atoms with Crippen molar-refractivity contribution in [1.82, 2.24) is 25.9 Å². The van der Waals surface area contributed by atoms with Gasteiger partial charge in [-0.05, 0) is 43.2 Å². The molecule has 3 aromatic rings. The van der Waals surface area contributed by atoms with Gasteiger partial charge < -0.3 is 0 Å². The van der Waals surface area contributed by atoms with Crippen LogP contribution in [0.25, 0.3) is 5.69 Å². The fourth-order valence-corrected chi connectivity index (χ4v) is 3.67. The first-order valence-corrected chi connectivity index (χ1v) is 9.72. The van der Waals surface area contributed by atoms with Gasteiger partial charge in [0.2, 0.25) is 0 Å². The van der Waals surface area contributed by atoms with Crippen LogP contribution in [0.4, 0.5) is 0 Å². The van der Waals surface area contributed by atoms with Crippen molar-refractivity contribution in [2.45, 2.75) is 20.4 Å². The van der Waals surface area contributed by atoms with Crippen molar-refractivity contribution in [3.8, 4) is 5.69 Å². The van der Waals surface area contributed by atoms with Crippen molar-refractivity contribution >= 4 is 34.0 Å². The predicted octanol–water partition coefficient (Wildman–Crippen LogP) is 4.10. The Morgan fingerprint density at radius 2 is 1.89 bits per heavy atom. The van der Waals surface area contributed by atoms with Crippen LogP contribution in [-0.4, -0.2) is 20.6 Å². The van der Waals surface area contributed by atoms with Crippen LogP contribution in [0.3, 0.4) is 0 Å². The number of aromatic amines is 1. The van der Waals surface area contributed by atoms with E-state index in [4.69, 9.17) is 12.2 Å². The molecular formula is C19H19BrN6S. The van der Waals surface area contributed by atoms with E-state index in [1.54, 1.807) is 0 Å². The minimum absolute atomic E-state index is 0.655. The van der Waals surface area contributed by atoms with Gasteiger partial charge in [-0.2, -0.15) is 0 Å². The number of aromatic nitrogens is 2. The molecule has 0 radical (unpaired) electrons. The highest BCUT2D eigenvalue weighted by atomic mass is 79.9. The lowest BCUT2D eigenvalue weighted by atomic mass is 10.1. The monoisotopic (exact) mass is 442 g/mol. The lowest BCUT2D eigenvalue weighted by Crippen LogP contribution is -2.40. The van der Waals surface area contributed by atoms with Gasteiger partial charge in [0.1, 0.15) is 4.64 Å². The number of aryl methyl sites for hydroxylation is 2. The van der Waals surface area contributed by atoms with Gasteiger partial charge >= 0.3 is 0 Å². The molecule has 2 heterocycles. The molecule has 0 bridgehead atoms. The summed E-state index contributed by atoms with van der Waals surface area (Å²) in [7, 11) is 0. The Labute approximate surface area is 170 Å². The van der Waals surface area contributed by atoms with Crippen LogP contribution in [0, 0.1) is 18.5 Å². The van der Waals surface area contributed by atoms with E-state index in [0.29, 0.717) is 11.2 Å². The van der Waals surface area contributed by atoms with E-state index < -0.39 is 0 Å². The van der Waals surface area contributed by atoms with Crippen molar-refractivity contribution in [2.24, 2.45) is 5.10 Å². The topological polar surface area (TPSA) is 60.4 Å². The molecule has 0 unspecified atom stereocenters. The highest BCUT2D eigenvalue weighted by molar-refractivity contribution is 9.10.